The number of allylic oxidation sites excluding steroid dienone is 2. The fourth-order valence-electron chi connectivity index (χ4n) is 11.7. The van der Waals surface area contributed by atoms with Crippen LogP contribution in [0.5, 0.6) is 5.75 Å². The van der Waals surface area contributed by atoms with Crippen LogP contribution >= 0.6 is 0 Å². The molecule has 3 aliphatic carbocycles. The van der Waals surface area contributed by atoms with Crippen LogP contribution < -0.4 is 4.74 Å². The predicted octanol–water partition coefficient (Wildman–Crippen LogP) is 6.31. The second kappa shape index (κ2) is 19.2. The van der Waals surface area contributed by atoms with Gasteiger partial charge < -0.3 is 58.3 Å². The van der Waals surface area contributed by atoms with E-state index in [4.69, 9.17) is 37.9 Å². The Kier molecular flexibility index (Phi) is 13.9. The Bertz CT molecular complexity index is 2150. The highest BCUT2D eigenvalue weighted by Gasteiger charge is 2.60. The average Bonchev–Trinajstić information content (AvgIpc) is 3.49. The maximum atomic E-state index is 14.8. The van der Waals surface area contributed by atoms with E-state index in [0.717, 1.165) is 19.3 Å². The van der Waals surface area contributed by atoms with Gasteiger partial charge in [0.25, 0.3) is 5.76 Å². The molecule has 0 unspecified atom stereocenters. The Balaban J connectivity index is 0.953. The fraction of sp³-hybridized carbons (Fsp3) is 0.640. The monoisotopic (exact) mass is 920 g/mol. The summed E-state index contributed by atoms with van der Waals surface area (Å²) in [5.41, 5.74) is -1.68. The van der Waals surface area contributed by atoms with Crippen LogP contribution in [0.3, 0.4) is 0 Å². The molecule has 8 rings (SSSR count). The second-order valence-electron chi connectivity index (χ2n) is 19.4. The largest absolute Gasteiger partial charge is 0.505 e. The van der Waals surface area contributed by atoms with Gasteiger partial charge in [-0.3, -0.25) is 4.79 Å². The molecule has 0 radical (unpaired) electrons. The van der Waals surface area contributed by atoms with Gasteiger partial charge in [-0.25, -0.2) is 14.4 Å². The predicted molar refractivity (Wildman–Crippen MR) is 233 cm³/mol. The van der Waals surface area contributed by atoms with E-state index in [-0.39, 0.29) is 48.2 Å². The van der Waals surface area contributed by atoms with Gasteiger partial charge in [0.15, 0.2) is 23.9 Å². The summed E-state index contributed by atoms with van der Waals surface area (Å²) < 4.78 is 48.4. The minimum Gasteiger partial charge on any atom is -0.505 e. The zero-order chi connectivity index (χ0) is 47.2. The third-order valence-corrected chi connectivity index (χ3v) is 15.3. The van der Waals surface area contributed by atoms with Crippen LogP contribution in [-0.2, 0) is 47.5 Å². The molecule has 16 atom stereocenters. The van der Waals surface area contributed by atoms with Gasteiger partial charge in [-0.05, 0) is 89.2 Å². The van der Waals surface area contributed by atoms with E-state index in [1.54, 1.807) is 52.0 Å². The Morgan fingerprint density at radius 3 is 2.39 bits per heavy atom. The fourth-order valence-corrected chi connectivity index (χ4v) is 11.7. The number of esters is 3. The third kappa shape index (κ3) is 8.84. The van der Waals surface area contributed by atoms with E-state index in [0.29, 0.717) is 37.0 Å². The van der Waals surface area contributed by atoms with Gasteiger partial charge in [-0.1, -0.05) is 62.3 Å². The van der Waals surface area contributed by atoms with E-state index < -0.39 is 114 Å². The number of carbonyl (C=O) groups is 4. The molecule has 66 heavy (non-hydrogen) atoms. The lowest BCUT2D eigenvalue weighted by Gasteiger charge is -2.51. The summed E-state index contributed by atoms with van der Waals surface area (Å²) >= 11 is 0. The molecular formula is C50H64O16. The minimum absolute atomic E-state index is 0.00168. The van der Waals surface area contributed by atoms with Gasteiger partial charge in [0, 0.05) is 36.7 Å². The normalized spacial score (nSPS) is 40.4. The number of aliphatic hydroxyl groups is 3. The van der Waals surface area contributed by atoms with Crippen molar-refractivity contribution in [3.8, 4) is 5.75 Å². The zero-order valence-corrected chi connectivity index (χ0v) is 38.5. The van der Waals surface area contributed by atoms with Crippen molar-refractivity contribution in [2.45, 2.75) is 160 Å². The number of hydrogen-bond donors (Lipinski definition) is 4. The molecule has 1 spiro atoms. The molecule has 1 saturated carbocycles. The Morgan fingerprint density at radius 2 is 1.65 bits per heavy atom. The number of ether oxygens (including phenoxy) is 8. The molecule has 1 aromatic carbocycles. The number of carbonyl (C=O) groups excluding carboxylic acids is 3. The maximum absolute atomic E-state index is 14.8. The molecule has 360 valence electrons. The molecule has 16 nitrogen and oxygen atoms in total. The summed E-state index contributed by atoms with van der Waals surface area (Å²) in [5.74, 6) is -6.23. The number of hydrogen-bond acceptors (Lipinski definition) is 15. The molecular weight excluding hydrogens is 857 g/mol. The molecule has 4 heterocycles. The van der Waals surface area contributed by atoms with Gasteiger partial charge in [0.05, 0.1) is 36.9 Å². The molecule has 0 aromatic heterocycles. The lowest BCUT2D eigenvalue weighted by atomic mass is 9.55. The quantitative estimate of drug-likeness (QED) is 0.128. The van der Waals surface area contributed by atoms with Crippen LogP contribution in [0.25, 0.3) is 0 Å². The van der Waals surface area contributed by atoms with Crippen molar-refractivity contribution in [3.05, 3.63) is 76.8 Å². The van der Waals surface area contributed by atoms with Gasteiger partial charge >= 0.3 is 23.9 Å². The van der Waals surface area contributed by atoms with Gasteiger partial charge in [0.2, 0.25) is 0 Å². The first-order valence-electron chi connectivity index (χ1n) is 23.5. The molecule has 2 saturated heterocycles. The summed E-state index contributed by atoms with van der Waals surface area (Å²) in [7, 11) is 1.46. The van der Waals surface area contributed by atoms with Crippen LogP contribution in [-0.4, -0.2) is 112 Å². The van der Waals surface area contributed by atoms with E-state index in [2.05, 4.69) is 12.2 Å². The number of fused-ring (bicyclic) bond motifs is 3. The van der Waals surface area contributed by atoms with Crippen LogP contribution in [0, 0.1) is 41.9 Å². The van der Waals surface area contributed by atoms with Crippen molar-refractivity contribution in [1.29, 1.82) is 0 Å². The summed E-state index contributed by atoms with van der Waals surface area (Å²) in [5, 5.41) is 44.2. The number of carboxylic acids is 1. The lowest BCUT2D eigenvalue weighted by molar-refractivity contribution is -0.318. The first-order chi connectivity index (χ1) is 31.5. The number of rotatable bonds is 8. The Morgan fingerprint density at radius 1 is 0.894 bits per heavy atom. The smallest absolute Gasteiger partial charge is 0.379 e. The first kappa shape index (κ1) is 47.9. The molecule has 16 heteroatoms. The van der Waals surface area contributed by atoms with E-state index >= 15 is 0 Å². The third-order valence-electron chi connectivity index (χ3n) is 15.3. The van der Waals surface area contributed by atoms with E-state index in [9.17, 15) is 39.6 Å². The van der Waals surface area contributed by atoms with Crippen LogP contribution in [0.4, 0.5) is 0 Å². The number of aliphatic carboxylic acids is 1. The van der Waals surface area contributed by atoms with Crippen molar-refractivity contribution >= 4 is 23.9 Å². The molecule has 2 bridgehead atoms. The van der Waals surface area contributed by atoms with Gasteiger partial charge in [-0.15, -0.1) is 0 Å². The molecule has 0 amide bonds. The first-order valence-corrected chi connectivity index (χ1v) is 23.5. The summed E-state index contributed by atoms with van der Waals surface area (Å²) in [6.45, 7) is 8.76. The molecule has 1 aromatic rings. The Labute approximate surface area is 384 Å². The Hall–Kier alpha value is -4.58. The van der Waals surface area contributed by atoms with Crippen LogP contribution in [0.15, 0.2) is 65.7 Å². The van der Waals surface area contributed by atoms with Crippen LogP contribution in [0.1, 0.15) is 108 Å². The highest BCUT2D eigenvalue weighted by atomic mass is 16.7. The second-order valence-corrected chi connectivity index (χ2v) is 19.4. The molecule has 4 aliphatic heterocycles. The summed E-state index contributed by atoms with van der Waals surface area (Å²) in [6, 6.07) is 5.20. The SMILES string of the molecule is COc1cccc(C)c1C(=O)O[C@@H]1C[C@H](O[C@H]2[C@H](O)C[C@H](O[C@@H]3CCC[C@H]4[C@H]3C=C[C@@H]3CCCCC=C[C@H]5C=C(C(=O)O)[C@@H](C)C[C@@]56OC(=O)C(=C6O)OC(=O)[C@@]34C)O[C@@H]2C)O[C@H](C)[C@H]1O. The van der Waals surface area contributed by atoms with E-state index in [1.165, 1.54) is 13.2 Å². The van der Waals surface area contributed by atoms with Gasteiger partial charge in [0.1, 0.15) is 29.6 Å². The van der Waals surface area contributed by atoms with Crippen molar-refractivity contribution < 1.29 is 77.5 Å². The van der Waals surface area contributed by atoms with Gasteiger partial charge in [-0.2, -0.15) is 0 Å². The standard InChI is InChI=1S/C50H64O16/c1-25-13-11-18-36(59-6)40(25)46(56)63-37-23-39(60-27(3)41(37)52)64-42-28(4)61-38(22-34(42)51)62-35-17-12-16-33-31(35)20-19-29-14-9-7-8-10-15-30-21-32(45(54)55)26(2)24-50(30)44(53)43(47(57)66-50)65-48(58)49(29,33)5/h10-11,13,15,18-21,26-31,33-35,37-39,41-42,51-53H,7-9,12,14,16-17,22-24H2,1-6H3,(H,54,55)/t26-,27+,28+,29-,30-,31+,33-,34+,35+,37+,38-,39-,41+,42+,49-,50+/m0/s1. The number of aryl methyl sites for hydroxylation is 1. The molecule has 4 N–H and O–H groups in total. The van der Waals surface area contributed by atoms with Crippen molar-refractivity contribution in [1.82, 2.24) is 0 Å². The highest BCUT2D eigenvalue weighted by Crippen LogP contribution is 2.55. The zero-order valence-electron chi connectivity index (χ0n) is 38.5. The summed E-state index contributed by atoms with van der Waals surface area (Å²) in [6.07, 6.45) is 6.86. The van der Waals surface area contributed by atoms with Crippen molar-refractivity contribution in [2.24, 2.45) is 35.0 Å². The summed E-state index contributed by atoms with van der Waals surface area (Å²) in [4.78, 5) is 53.8. The highest BCUT2D eigenvalue weighted by molar-refractivity contribution is 5.95. The lowest BCUT2D eigenvalue weighted by Crippen LogP contribution is -2.56. The minimum atomic E-state index is -1.62. The number of aliphatic hydroxyl groups excluding tert-OH is 3. The number of carboxylic acid groups (broad SMARTS) is 1. The van der Waals surface area contributed by atoms with Crippen molar-refractivity contribution in [3.63, 3.8) is 0 Å². The van der Waals surface area contributed by atoms with Crippen LogP contribution in [0.2, 0.25) is 0 Å². The average molecular weight is 921 g/mol. The van der Waals surface area contributed by atoms with Crippen molar-refractivity contribution in [2.75, 3.05) is 7.11 Å². The topological polar surface area (TPSA) is 223 Å². The molecule has 7 aliphatic rings. The number of benzene rings is 1. The number of methoxy groups -OCH3 is 1. The maximum Gasteiger partial charge on any atom is 0.379 e. The molecule has 3 fully saturated rings. The van der Waals surface area contributed by atoms with E-state index in [1.807, 2.05) is 13.0 Å².